The van der Waals surface area contributed by atoms with Gasteiger partial charge in [0.25, 0.3) is 0 Å². The second-order valence-electron chi connectivity index (χ2n) is 7.26. The van der Waals surface area contributed by atoms with Crippen LogP contribution in [0.15, 0.2) is 0 Å². The summed E-state index contributed by atoms with van der Waals surface area (Å²) in [7, 11) is 0. The standard InChI is InChI=1S/C20H41N/c1-3-5-17-21(18-6-4-2)19-13-8-7-10-14-20-15-11-9-12-16-20/h20H,3-19H2,1-2H3. The molecular formula is C20H41N. The first-order valence-corrected chi connectivity index (χ1v) is 10.1. The van der Waals surface area contributed by atoms with Crippen molar-refractivity contribution in [1.29, 1.82) is 0 Å². The first-order chi connectivity index (χ1) is 10.4. The lowest BCUT2D eigenvalue weighted by Crippen LogP contribution is -2.27. The zero-order valence-electron chi connectivity index (χ0n) is 15.0. The van der Waals surface area contributed by atoms with Gasteiger partial charge in [-0.3, -0.25) is 0 Å². The molecule has 0 aromatic heterocycles. The van der Waals surface area contributed by atoms with Gasteiger partial charge in [-0.25, -0.2) is 0 Å². The number of unbranched alkanes of at least 4 members (excludes halogenated alkanes) is 5. The van der Waals surface area contributed by atoms with Crippen molar-refractivity contribution in [2.24, 2.45) is 5.92 Å². The van der Waals surface area contributed by atoms with Gasteiger partial charge in [0.2, 0.25) is 0 Å². The Labute approximate surface area is 134 Å². The molecular weight excluding hydrogens is 254 g/mol. The van der Waals surface area contributed by atoms with E-state index in [0.717, 1.165) is 5.92 Å². The molecule has 1 saturated carbocycles. The molecule has 1 nitrogen and oxygen atoms in total. The lowest BCUT2D eigenvalue weighted by atomic mass is 9.85. The molecule has 1 heteroatoms. The maximum Gasteiger partial charge on any atom is -0.00187 e. The topological polar surface area (TPSA) is 3.24 Å². The first kappa shape index (κ1) is 19.0. The Morgan fingerprint density at radius 2 is 1.24 bits per heavy atom. The minimum absolute atomic E-state index is 1.09. The first-order valence-electron chi connectivity index (χ1n) is 10.1. The van der Waals surface area contributed by atoms with Crippen LogP contribution < -0.4 is 0 Å². The SMILES string of the molecule is CCCCN(CCCC)CCCCCCC1CCCCC1. The summed E-state index contributed by atoms with van der Waals surface area (Å²) in [6, 6.07) is 0. The summed E-state index contributed by atoms with van der Waals surface area (Å²) in [5.41, 5.74) is 0. The van der Waals surface area contributed by atoms with Gasteiger partial charge in [-0.15, -0.1) is 0 Å². The molecule has 0 aromatic rings. The van der Waals surface area contributed by atoms with E-state index >= 15 is 0 Å². The van der Waals surface area contributed by atoms with Gasteiger partial charge >= 0.3 is 0 Å². The van der Waals surface area contributed by atoms with Crippen LogP contribution in [0.1, 0.15) is 104 Å². The fourth-order valence-corrected chi connectivity index (χ4v) is 3.70. The zero-order valence-corrected chi connectivity index (χ0v) is 15.0. The summed E-state index contributed by atoms with van der Waals surface area (Å²) in [6.07, 6.45) is 20.4. The molecule has 0 heterocycles. The van der Waals surface area contributed by atoms with Gasteiger partial charge < -0.3 is 4.90 Å². The van der Waals surface area contributed by atoms with E-state index in [1.54, 1.807) is 0 Å². The maximum absolute atomic E-state index is 2.72. The highest BCUT2D eigenvalue weighted by Gasteiger charge is 2.12. The predicted molar refractivity (Wildman–Crippen MR) is 95.9 cm³/mol. The second-order valence-corrected chi connectivity index (χ2v) is 7.26. The summed E-state index contributed by atoms with van der Waals surface area (Å²) in [5, 5.41) is 0. The lowest BCUT2D eigenvalue weighted by Gasteiger charge is -2.22. The summed E-state index contributed by atoms with van der Waals surface area (Å²) in [5.74, 6) is 1.09. The Hall–Kier alpha value is -0.0400. The largest absolute Gasteiger partial charge is 0.303 e. The number of nitrogens with zero attached hydrogens (tertiary/aromatic N) is 1. The Balaban J connectivity index is 1.96. The second kappa shape index (κ2) is 13.6. The van der Waals surface area contributed by atoms with Crippen molar-refractivity contribution in [1.82, 2.24) is 4.90 Å². The van der Waals surface area contributed by atoms with Crippen LogP contribution in [0.3, 0.4) is 0 Å². The minimum Gasteiger partial charge on any atom is -0.303 e. The van der Waals surface area contributed by atoms with Crippen molar-refractivity contribution in [3.8, 4) is 0 Å². The van der Waals surface area contributed by atoms with Crippen molar-refractivity contribution in [2.45, 2.75) is 104 Å². The fourth-order valence-electron chi connectivity index (χ4n) is 3.70. The minimum atomic E-state index is 1.09. The van der Waals surface area contributed by atoms with Crippen LogP contribution in [-0.4, -0.2) is 24.5 Å². The molecule has 1 fully saturated rings. The molecule has 126 valence electrons. The predicted octanol–water partition coefficient (Wildman–Crippen LogP) is 6.42. The molecule has 0 atom stereocenters. The molecule has 0 saturated heterocycles. The third kappa shape index (κ3) is 10.3. The average molecular weight is 296 g/mol. The van der Waals surface area contributed by atoms with Crippen LogP contribution in [0.5, 0.6) is 0 Å². The quantitative estimate of drug-likeness (QED) is 0.354. The highest BCUT2D eigenvalue weighted by molar-refractivity contribution is 4.66. The van der Waals surface area contributed by atoms with E-state index in [-0.39, 0.29) is 0 Å². The van der Waals surface area contributed by atoms with Gasteiger partial charge in [0.1, 0.15) is 0 Å². The number of hydrogen-bond acceptors (Lipinski definition) is 1. The summed E-state index contributed by atoms with van der Waals surface area (Å²) < 4.78 is 0. The Bertz CT molecular complexity index is 200. The molecule has 1 rings (SSSR count). The maximum atomic E-state index is 2.72. The molecule has 0 aliphatic heterocycles. The van der Waals surface area contributed by atoms with Gasteiger partial charge in [0.05, 0.1) is 0 Å². The monoisotopic (exact) mass is 295 g/mol. The van der Waals surface area contributed by atoms with Gasteiger partial charge in [-0.1, -0.05) is 84.5 Å². The van der Waals surface area contributed by atoms with Crippen LogP contribution in [0, 0.1) is 5.92 Å². The summed E-state index contributed by atoms with van der Waals surface area (Å²) >= 11 is 0. The van der Waals surface area contributed by atoms with Crippen LogP contribution in [-0.2, 0) is 0 Å². The Morgan fingerprint density at radius 3 is 1.86 bits per heavy atom. The molecule has 0 bridgehead atoms. The molecule has 1 aliphatic rings. The van der Waals surface area contributed by atoms with E-state index in [9.17, 15) is 0 Å². The van der Waals surface area contributed by atoms with Crippen LogP contribution in [0.4, 0.5) is 0 Å². The van der Waals surface area contributed by atoms with Crippen molar-refractivity contribution < 1.29 is 0 Å². The van der Waals surface area contributed by atoms with Crippen LogP contribution >= 0.6 is 0 Å². The molecule has 1 aliphatic carbocycles. The smallest absolute Gasteiger partial charge is 0.00187 e. The third-order valence-electron chi connectivity index (χ3n) is 5.22. The number of hydrogen-bond donors (Lipinski definition) is 0. The van der Waals surface area contributed by atoms with E-state index in [1.807, 2.05) is 0 Å². The van der Waals surface area contributed by atoms with E-state index in [2.05, 4.69) is 18.7 Å². The van der Waals surface area contributed by atoms with E-state index < -0.39 is 0 Å². The summed E-state index contributed by atoms with van der Waals surface area (Å²) in [4.78, 5) is 2.72. The Morgan fingerprint density at radius 1 is 0.667 bits per heavy atom. The van der Waals surface area contributed by atoms with Crippen LogP contribution in [0.25, 0.3) is 0 Å². The fraction of sp³-hybridized carbons (Fsp3) is 1.00. The number of rotatable bonds is 13. The zero-order chi connectivity index (χ0) is 15.2. The summed E-state index contributed by atoms with van der Waals surface area (Å²) in [6.45, 7) is 8.63. The molecule has 0 radical (unpaired) electrons. The van der Waals surface area contributed by atoms with E-state index in [0.29, 0.717) is 0 Å². The molecule has 0 N–H and O–H groups in total. The highest BCUT2D eigenvalue weighted by Crippen LogP contribution is 2.27. The normalized spacial score (nSPS) is 16.7. The molecule has 0 spiro atoms. The van der Waals surface area contributed by atoms with E-state index in [4.69, 9.17) is 0 Å². The van der Waals surface area contributed by atoms with Gasteiger partial charge in [-0.05, 0) is 44.8 Å². The van der Waals surface area contributed by atoms with Crippen molar-refractivity contribution >= 4 is 0 Å². The van der Waals surface area contributed by atoms with Gasteiger partial charge in [0, 0.05) is 0 Å². The van der Waals surface area contributed by atoms with Crippen molar-refractivity contribution in [3.05, 3.63) is 0 Å². The molecule has 0 unspecified atom stereocenters. The third-order valence-corrected chi connectivity index (χ3v) is 5.22. The van der Waals surface area contributed by atoms with Crippen molar-refractivity contribution in [3.63, 3.8) is 0 Å². The van der Waals surface area contributed by atoms with E-state index in [1.165, 1.54) is 110 Å². The molecule has 21 heavy (non-hydrogen) atoms. The van der Waals surface area contributed by atoms with Crippen molar-refractivity contribution in [2.75, 3.05) is 19.6 Å². The Kier molecular flexibility index (Phi) is 12.3. The highest BCUT2D eigenvalue weighted by atomic mass is 15.1. The van der Waals surface area contributed by atoms with Gasteiger partial charge in [-0.2, -0.15) is 0 Å². The lowest BCUT2D eigenvalue weighted by molar-refractivity contribution is 0.257. The van der Waals surface area contributed by atoms with Crippen LogP contribution in [0.2, 0.25) is 0 Å². The molecule has 0 aromatic carbocycles. The van der Waals surface area contributed by atoms with Gasteiger partial charge in [0.15, 0.2) is 0 Å². The molecule has 0 amide bonds. The average Bonchev–Trinajstić information content (AvgIpc) is 2.53.